The number of hydrogen-bond acceptors (Lipinski definition) is 48. The van der Waals surface area contributed by atoms with E-state index in [1.165, 1.54) is 111 Å². The summed E-state index contributed by atoms with van der Waals surface area (Å²) < 4.78 is 182. The van der Waals surface area contributed by atoms with Gasteiger partial charge >= 0.3 is 46.9 Å². The lowest BCUT2D eigenvalue weighted by Gasteiger charge is -2.29. The molecule has 12 aromatic rings. The number of aromatic amines is 2. The number of H-pyrrole nitrogens is 2. The zero-order valence-corrected chi connectivity index (χ0v) is 75.7. The third-order valence-electron chi connectivity index (χ3n) is 24.4. The van der Waals surface area contributed by atoms with Crippen molar-refractivity contribution in [2.45, 2.75) is 155 Å². The van der Waals surface area contributed by atoms with E-state index in [4.69, 9.17) is 107 Å². The van der Waals surface area contributed by atoms with E-state index in [9.17, 15) is 86.8 Å². The average Bonchev–Trinajstić information content (AvgIpc) is 1.62. The molecule has 9 aliphatic rings. The highest BCUT2D eigenvalue weighted by Gasteiger charge is 2.59. The molecule has 3 aliphatic carbocycles. The summed E-state index contributed by atoms with van der Waals surface area (Å²) in [6, 6.07) is 0.512. The van der Waals surface area contributed by atoms with Crippen molar-refractivity contribution in [2.75, 3.05) is 82.5 Å². The molecule has 732 valence electrons. The quantitative estimate of drug-likeness (QED) is 0.0804. The van der Waals surface area contributed by atoms with E-state index in [0.29, 0.717) is 39.3 Å². The number of methoxy groups -OCH3 is 2. The van der Waals surface area contributed by atoms with Crippen LogP contribution in [-0.4, -0.2) is 302 Å². The van der Waals surface area contributed by atoms with Gasteiger partial charge in [-0.3, -0.25) is 82.6 Å². The summed E-state index contributed by atoms with van der Waals surface area (Å²) in [6.07, 6.45) is -11.0. The number of pyridine rings is 2. The van der Waals surface area contributed by atoms with Crippen molar-refractivity contribution in [3.8, 4) is 0 Å². The minimum atomic E-state index is -4.97. The van der Waals surface area contributed by atoms with Crippen LogP contribution >= 0.6 is 46.9 Å². The highest BCUT2D eigenvalue weighted by molar-refractivity contribution is 7.48. The first kappa shape index (κ1) is 95.3. The van der Waals surface area contributed by atoms with Gasteiger partial charge in [0.15, 0.2) is 75.2 Å². The summed E-state index contributed by atoms with van der Waals surface area (Å²) in [4.78, 5) is 152. The van der Waals surface area contributed by atoms with Crippen LogP contribution in [0.15, 0.2) is 84.7 Å². The highest BCUT2D eigenvalue weighted by atomic mass is 31.2. The van der Waals surface area contributed by atoms with Gasteiger partial charge in [-0.1, -0.05) is 0 Å². The average molecular weight is 2030 g/mol. The molecule has 6 saturated heterocycles. The highest BCUT2D eigenvalue weighted by Crippen LogP contribution is 2.60. The number of nitrogens with two attached hydrogens (primary N) is 5. The van der Waals surface area contributed by atoms with E-state index in [1.807, 2.05) is 0 Å². The number of nitrogens with one attached hydrogen (secondary N) is 2. The number of ether oxygens (including phenoxy) is 5. The van der Waals surface area contributed by atoms with Gasteiger partial charge in [-0.2, -0.15) is 4.98 Å². The molecule has 9 fully saturated rings. The van der Waals surface area contributed by atoms with Crippen molar-refractivity contribution in [1.82, 2.24) is 107 Å². The normalized spacial score (nSPS) is 37.5. The molecule has 0 amide bonds. The van der Waals surface area contributed by atoms with Gasteiger partial charge in [0, 0.05) is 44.4 Å². The summed E-state index contributed by atoms with van der Waals surface area (Å²) in [5.41, 5.74) is 31.4. The molecule has 18 heterocycles. The number of aryl methyl sites for hydroxylation is 1. The Morgan fingerprint density at radius 3 is 1.10 bits per heavy atom. The van der Waals surface area contributed by atoms with Crippen LogP contribution in [0.5, 0.6) is 0 Å². The summed E-state index contributed by atoms with van der Waals surface area (Å²) in [6.45, 7) is -2.17. The molecule has 6 aliphatic heterocycles. The van der Waals surface area contributed by atoms with Crippen LogP contribution in [0.1, 0.15) is 61.9 Å². The molecule has 62 nitrogen and oxygen atoms in total. The van der Waals surface area contributed by atoms with Crippen LogP contribution in [-0.2, 0) is 105 Å². The number of nitrogens with zero attached hydrogens (tertiary/aromatic N) is 20. The van der Waals surface area contributed by atoms with E-state index in [0.717, 1.165) is 0 Å². The molecule has 0 spiro atoms. The Labute approximate surface area is 758 Å². The van der Waals surface area contributed by atoms with Crippen molar-refractivity contribution in [3.63, 3.8) is 0 Å². The topological polar surface area (TPSA) is 867 Å². The van der Waals surface area contributed by atoms with Gasteiger partial charge in [-0.05, 0) is 38.3 Å². The third-order valence-corrected chi connectivity index (χ3v) is 30.3. The third kappa shape index (κ3) is 18.2. The largest absolute Gasteiger partial charge is 0.472 e. The molecule has 12 aromatic heterocycles. The van der Waals surface area contributed by atoms with Crippen LogP contribution in [0.25, 0.3) is 67.0 Å². The Hall–Kier alpha value is -9.66. The predicted octanol–water partition coefficient (Wildman–Crippen LogP) is -1.08. The van der Waals surface area contributed by atoms with Crippen LogP contribution in [0.4, 0.5) is 29.0 Å². The van der Waals surface area contributed by atoms with Crippen molar-refractivity contribution in [2.24, 2.45) is 17.8 Å². The van der Waals surface area contributed by atoms with E-state index in [-0.39, 0.29) is 81.7 Å². The number of aromatic nitrogens is 22. The number of rotatable bonds is 8. The zero-order chi connectivity index (χ0) is 96.1. The maximum Gasteiger partial charge on any atom is 0.472 e. The number of nitrogen functional groups attached to an aromatic ring is 5. The van der Waals surface area contributed by atoms with E-state index in [2.05, 4.69) is 79.7 Å². The molecule has 22 N–H and O–H groups in total. The molecule has 30 atom stereocenters. The number of imidazole rings is 6. The summed E-state index contributed by atoms with van der Waals surface area (Å²) in [5.74, 6) is -2.47. The summed E-state index contributed by atoms with van der Waals surface area (Å²) >= 11 is 0. The lowest BCUT2D eigenvalue weighted by molar-refractivity contribution is -0.0633. The fourth-order valence-corrected chi connectivity index (χ4v) is 24.2. The second-order valence-corrected chi connectivity index (χ2v) is 41.1. The number of aliphatic hydroxyl groups is 4. The molecular formula is C68H85N27O35P6. The van der Waals surface area contributed by atoms with Gasteiger partial charge in [0.1, 0.15) is 132 Å². The SMILES string of the molecule is COC1[C@H]2OP(=O)(O)OC[C@H]3C[C@@H](n4cnc5c(N)ncnc54)C(O)[C@H]3OP(=O)(O)OC[C@H]2O[C@H]1n1cnc2c(=O)[nH]c(C)nc21.COC1[C@H]2OP(=O)(O)OC[C@H]3C[C@@H](n4cnc5c(N)ncnc54)C(O)[C@H]3OP(=O)(O)OC[C@H]2O[C@H]1n1cnc2c(N)ccnc21.Nc1nc2c(ncn2[C@@H]2C[C@@H]3COP(=O)(O)O[C@@H]4C(O)[C@H](n5cnc6c(N)ccnc65)O[C@@H]4COP(=O)(O)O[C@@H]3C2O)c(=O)[nH]1. The number of hydrogen-bond donors (Lipinski definition) is 17. The Morgan fingerprint density at radius 1 is 0.368 bits per heavy atom. The lowest BCUT2D eigenvalue weighted by atomic mass is 10.1. The number of phosphoric ester groups is 6. The monoisotopic (exact) mass is 2030 g/mol. The van der Waals surface area contributed by atoms with Gasteiger partial charge in [-0.25, -0.2) is 92.2 Å². The van der Waals surface area contributed by atoms with E-state index < -0.39 is 244 Å². The van der Waals surface area contributed by atoms with E-state index >= 15 is 0 Å². The second-order valence-electron chi connectivity index (χ2n) is 32.6. The first-order valence-electron chi connectivity index (χ1n) is 41.0. The summed E-state index contributed by atoms with van der Waals surface area (Å²) in [5, 5.41) is 45.0. The van der Waals surface area contributed by atoms with Crippen molar-refractivity contribution < 1.29 is 155 Å². The standard InChI is InChI=1S/C23H29N9O12P2.C23H29N9O11P2.C22H27N9O12P2/c1-9-29-21-14(22(34)30-9)28-8-32(21)23-18(39-2)17-12(42-23)5-41-46(37,38)43-16-10(4-40-45(35,36)44-17)3-11(15(16)33)31-7-27-13-19(24)25-6-26-20(13)31;1-38-19-18-13(41-23(19)32-9-29-14-11(24)2-3-26-21(14)32)6-40-45(36,37)42-17-10(5-39-44(34,35)43-18)4-12(16(17)33)31-8-30-15-20(25)27-7-28-22(15)31;23-9-1-2-25-18-12(9)26-7-31(18)21-15(33)17-11(41-21)5-40-45(37,38)42-16-8(4-39-44(35,36)43-17)3-10(14(16)32)30-6-27-13-19(30)28-22(24)29-20(13)34/h6-8,10-12,15-18,23,33H,3-5H2,1-2H3,(H,35,36)(H,37,38)(H2,24,25,26)(H,29,30,34);2-3,7-10,12-13,16-19,23,33H,4-6H2,1H3,(H2,24,26)(H,34,35)(H,36,37)(H2,25,27,28);1-2,6-8,10-11,14-17,21,32-33H,3-5H2,(H2,23,25)(H,35,36)(H,37,38)(H3,24,28,29,34)/t10-,11-,12-,15?,16+,17+,18?,23-;10-,12-,13-,16?,17+,18+,19?,23-;8-,10-,11-,14?,15?,16+,17+,21-/m111/s1. The molecule has 0 aromatic carbocycles. The fraction of sp³-hybridized carbons (Fsp3) is 0.529. The molecule has 21 rings (SSSR count). The van der Waals surface area contributed by atoms with Gasteiger partial charge in [-0.15, -0.1) is 0 Å². The molecular weight excluding hydrogens is 1940 g/mol. The molecule has 0 bridgehead atoms. The molecule has 3 saturated carbocycles. The maximum absolute atomic E-state index is 13.3. The Kier molecular flexibility index (Phi) is 25.6. The minimum absolute atomic E-state index is 0.000422. The molecule has 136 heavy (non-hydrogen) atoms. The first-order chi connectivity index (χ1) is 64.6. The maximum atomic E-state index is 13.3. The smallest absolute Gasteiger partial charge is 0.397 e. The van der Waals surface area contributed by atoms with Crippen molar-refractivity contribution in [3.05, 3.63) is 102 Å². The van der Waals surface area contributed by atoms with Crippen LogP contribution in [0, 0.1) is 24.7 Å². The first-order valence-corrected chi connectivity index (χ1v) is 50.0. The van der Waals surface area contributed by atoms with Gasteiger partial charge in [0.2, 0.25) is 5.95 Å². The Morgan fingerprint density at radius 2 is 0.684 bits per heavy atom. The number of phosphoric acid groups is 6. The second kappa shape index (κ2) is 36.5. The predicted molar refractivity (Wildman–Crippen MR) is 451 cm³/mol. The van der Waals surface area contributed by atoms with Crippen molar-refractivity contribution >= 4 is 143 Å². The number of aliphatic hydroxyl groups excluding tert-OH is 4. The molecule has 68 heteroatoms. The number of fused-ring (bicyclic) bond motifs is 12. The van der Waals surface area contributed by atoms with Crippen LogP contribution in [0.2, 0.25) is 0 Å². The number of anilines is 5. The summed E-state index contributed by atoms with van der Waals surface area (Å²) in [7, 11) is -26.8. The molecule has 0 radical (unpaired) electrons. The van der Waals surface area contributed by atoms with Gasteiger partial charge < -0.3 is 121 Å². The Balaban J connectivity index is 0.000000131. The molecule has 12 unspecified atom stereocenters. The van der Waals surface area contributed by atoms with Crippen LogP contribution < -0.4 is 39.8 Å². The van der Waals surface area contributed by atoms with Crippen LogP contribution in [0.3, 0.4) is 0 Å². The van der Waals surface area contributed by atoms with E-state index in [1.54, 1.807) is 13.0 Å². The Bertz CT molecular complexity index is 7010. The van der Waals surface area contributed by atoms with Gasteiger partial charge in [0.05, 0.1) is 107 Å². The zero-order valence-electron chi connectivity index (χ0n) is 70.3. The van der Waals surface area contributed by atoms with Gasteiger partial charge in [0.25, 0.3) is 11.1 Å². The van der Waals surface area contributed by atoms with Crippen molar-refractivity contribution in [1.29, 1.82) is 0 Å². The minimum Gasteiger partial charge on any atom is -0.397 e. The lowest BCUT2D eigenvalue weighted by Crippen LogP contribution is -2.38. The fourth-order valence-electron chi connectivity index (χ4n) is 18.2.